The largest absolute Gasteiger partial charge is 0.462 e. The van der Waals surface area contributed by atoms with Crippen LogP contribution < -0.4 is 9.47 Å². The van der Waals surface area contributed by atoms with Crippen LogP contribution >= 0.6 is 11.8 Å². The van der Waals surface area contributed by atoms with E-state index in [0.29, 0.717) is 11.5 Å². The van der Waals surface area contributed by atoms with Crippen LogP contribution in [0.25, 0.3) is 11.8 Å². The summed E-state index contributed by atoms with van der Waals surface area (Å²) in [5, 5.41) is -0.485. The van der Waals surface area contributed by atoms with Crippen LogP contribution in [0, 0.1) is 13.8 Å². The van der Waals surface area contributed by atoms with Gasteiger partial charge in [0.05, 0.1) is 11.0 Å². The third-order valence-electron chi connectivity index (χ3n) is 4.90. The molecule has 0 saturated carbocycles. The first-order chi connectivity index (χ1) is 14.7. The number of carbonyl (C=O) groups excluding carboxylic acids is 3. The molecule has 3 heterocycles. The Bertz CT molecular complexity index is 1120. The van der Waals surface area contributed by atoms with Gasteiger partial charge in [0.25, 0.3) is 11.1 Å². The summed E-state index contributed by atoms with van der Waals surface area (Å²) in [6, 6.07) is 7.64. The van der Waals surface area contributed by atoms with Gasteiger partial charge in [0.2, 0.25) is 6.79 Å². The number of carbonyl (C=O) groups is 3. The summed E-state index contributed by atoms with van der Waals surface area (Å²) in [5.74, 6) is 0.278. The molecular weight excluding hydrogens is 420 g/mol. The highest BCUT2D eigenvalue weighted by molar-refractivity contribution is 8.18. The number of thioether (sulfide) groups is 1. The number of imide groups is 1. The third kappa shape index (κ3) is 4.05. The molecule has 0 unspecified atom stereocenters. The van der Waals surface area contributed by atoms with Gasteiger partial charge in [-0.1, -0.05) is 0 Å². The molecule has 9 heteroatoms. The molecule has 1 aromatic heterocycles. The fourth-order valence-corrected chi connectivity index (χ4v) is 4.39. The van der Waals surface area contributed by atoms with Crippen molar-refractivity contribution >= 4 is 35.0 Å². The van der Waals surface area contributed by atoms with Crippen LogP contribution in [0.2, 0.25) is 0 Å². The molecule has 1 aromatic carbocycles. The zero-order valence-electron chi connectivity index (χ0n) is 17.6. The maximum Gasteiger partial charge on any atom is 0.326 e. The number of amides is 2. The van der Waals surface area contributed by atoms with Crippen molar-refractivity contribution in [2.45, 2.75) is 33.8 Å². The highest BCUT2D eigenvalue weighted by Crippen LogP contribution is 2.36. The molecule has 1 saturated heterocycles. The van der Waals surface area contributed by atoms with Crippen molar-refractivity contribution < 1.29 is 28.6 Å². The zero-order valence-corrected chi connectivity index (χ0v) is 18.4. The average Bonchev–Trinajstić information content (AvgIpc) is 3.34. The number of benzene rings is 1. The molecule has 162 valence electrons. The summed E-state index contributed by atoms with van der Waals surface area (Å²) in [4.78, 5) is 38.1. The van der Waals surface area contributed by atoms with Crippen molar-refractivity contribution in [1.82, 2.24) is 9.47 Å². The van der Waals surface area contributed by atoms with Crippen LogP contribution in [0.4, 0.5) is 4.79 Å². The number of hydrogen-bond acceptors (Lipinski definition) is 7. The molecule has 2 aliphatic heterocycles. The maximum absolute atomic E-state index is 12.7. The Morgan fingerprint density at radius 2 is 1.94 bits per heavy atom. The number of esters is 1. The second-order valence-corrected chi connectivity index (χ2v) is 8.50. The molecule has 0 bridgehead atoms. The first-order valence-corrected chi connectivity index (χ1v) is 10.6. The molecule has 2 amide bonds. The topological polar surface area (TPSA) is 87.1 Å². The van der Waals surface area contributed by atoms with Crippen molar-refractivity contribution in [2.75, 3.05) is 13.3 Å². The van der Waals surface area contributed by atoms with Crippen molar-refractivity contribution in [1.29, 1.82) is 0 Å². The van der Waals surface area contributed by atoms with E-state index in [2.05, 4.69) is 0 Å². The monoisotopic (exact) mass is 442 g/mol. The molecule has 0 N–H and O–H groups in total. The van der Waals surface area contributed by atoms with Gasteiger partial charge in [-0.05, 0) is 69.3 Å². The number of rotatable bonds is 5. The molecule has 2 aromatic rings. The maximum atomic E-state index is 12.7. The van der Waals surface area contributed by atoms with Gasteiger partial charge in [0, 0.05) is 23.1 Å². The zero-order chi connectivity index (χ0) is 22.3. The highest BCUT2D eigenvalue weighted by Gasteiger charge is 2.37. The molecular formula is C22H22N2O6S. The lowest BCUT2D eigenvalue weighted by Gasteiger charge is -2.13. The smallest absolute Gasteiger partial charge is 0.326 e. The predicted octanol–water partition coefficient (Wildman–Crippen LogP) is 3.81. The summed E-state index contributed by atoms with van der Waals surface area (Å²) in [6.07, 6.45) is 1.37. The van der Waals surface area contributed by atoms with Crippen LogP contribution in [0.15, 0.2) is 29.2 Å². The fraction of sp³-hybridized carbons (Fsp3) is 0.318. The third-order valence-corrected chi connectivity index (χ3v) is 5.81. The van der Waals surface area contributed by atoms with Crippen LogP contribution in [-0.4, -0.2) is 46.0 Å². The van der Waals surface area contributed by atoms with E-state index in [4.69, 9.17) is 14.2 Å². The van der Waals surface area contributed by atoms with E-state index in [0.717, 1.165) is 39.3 Å². The average molecular weight is 442 g/mol. The SMILES string of the molecule is Cc1cc(C=C2SC(=O)N(CC(=O)OC(C)C)C2=O)c(C)n1-c1ccc2c(c1)OCO2. The van der Waals surface area contributed by atoms with Gasteiger partial charge in [0.15, 0.2) is 11.5 Å². The summed E-state index contributed by atoms with van der Waals surface area (Å²) in [5.41, 5.74) is 3.58. The summed E-state index contributed by atoms with van der Waals surface area (Å²) in [7, 11) is 0. The van der Waals surface area contributed by atoms with Gasteiger partial charge in [-0.3, -0.25) is 19.3 Å². The van der Waals surface area contributed by atoms with Gasteiger partial charge in [-0.25, -0.2) is 0 Å². The van der Waals surface area contributed by atoms with Crippen molar-refractivity contribution in [3.8, 4) is 17.2 Å². The normalized spacial score (nSPS) is 16.7. The van der Waals surface area contributed by atoms with Crippen LogP contribution in [0.5, 0.6) is 11.5 Å². The number of ether oxygens (including phenoxy) is 3. The molecule has 4 rings (SSSR count). The molecule has 0 radical (unpaired) electrons. The summed E-state index contributed by atoms with van der Waals surface area (Å²) >= 11 is 0.818. The number of fused-ring (bicyclic) bond motifs is 1. The Labute approximate surface area is 183 Å². The lowest BCUT2D eigenvalue weighted by molar-refractivity contribution is -0.149. The van der Waals surface area contributed by atoms with E-state index in [-0.39, 0.29) is 17.8 Å². The minimum Gasteiger partial charge on any atom is -0.462 e. The van der Waals surface area contributed by atoms with Crippen LogP contribution in [0.3, 0.4) is 0 Å². The van der Waals surface area contributed by atoms with Crippen molar-refractivity contribution in [3.63, 3.8) is 0 Å². The van der Waals surface area contributed by atoms with E-state index < -0.39 is 23.7 Å². The quantitative estimate of drug-likeness (QED) is 0.514. The fourth-order valence-electron chi connectivity index (χ4n) is 3.56. The van der Waals surface area contributed by atoms with E-state index in [1.807, 2.05) is 42.7 Å². The van der Waals surface area contributed by atoms with E-state index in [9.17, 15) is 14.4 Å². The first-order valence-electron chi connectivity index (χ1n) is 9.78. The number of hydrogen-bond donors (Lipinski definition) is 0. The lowest BCUT2D eigenvalue weighted by Crippen LogP contribution is -2.35. The first kappa shape index (κ1) is 21.0. The Hall–Kier alpha value is -3.20. The molecule has 0 spiro atoms. The molecule has 8 nitrogen and oxygen atoms in total. The van der Waals surface area contributed by atoms with Crippen molar-refractivity contribution in [3.05, 3.63) is 46.1 Å². The summed E-state index contributed by atoms with van der Waals surface area (Å²) < 4.78 is 17.9. The minimum atomic E-state index is -0.612. The summed E-state index contributed by atoms with van der Waals surface area (Å²) in [6.45, 7) is 7.13. The predicted molar refractivity (Wildman–Crippen MR) is 115 cm³/mol. The van der Waals surface area contributed by atoms with Gasteiger partial charge >= 0.3 is 5.97 Å². The molecule has 1 fully saturated rings. The van der Waals surface area contributed by atoms with Gasteiger partial charge in [0.1, 0.15) is 6.54 Å². The Morgan fingerprint density at radius 3 is 2.68 bits per heavy atom. The second-order valence-electron chi connectivity index (χ2n) is 7.51. The Kier molecular flexibility index (Phi) is 5.53. The van der Waals surface area contributed by atoms with Crippen LogP contribution in [0.1, 0.15) is 30.8 Å². The molecule has 0 aliphatic carbocycles. The second kappa shape index (κ2) is 8.14. The van der Waals surface area contributed by atoms with Gasteiger partial charge in [-0.2, -0.15) is 0 Å². The minimum absolute atomic E-state index is 0.203. The van der Waals surface area contributed by atoms with E-state index in [1.165, 1.54) is 0 Å². The lowest BCUT2D eigenvalue weighted by atomic mass is 10.2. The number of aromatic nitrogens is 1. The van der Waals surface area contributed by atoms with Crippen molar-refractivity contribution in [2.24, 2.45) is 0 Å². The number of aryl methyl sites for hydroxylation is 1. The van der Waals surface area contributed by atoms with E-state index >= 15 is 0 Å². The molecule has 0 atom stereocenters. The Balaban J connectivity index is 1.60. The van der Waals surface area contributed by atoms with Gasteiger partial charge in [-0.15, -0.1) is 0 Å². The number of nitrogens with zero attached hydrogens (tertiary/aromatic N) is 2. The van der Waals surface area contributed by atoms with E-state index in [1.54, 1.807) is 19.9 Å². The Morgan fingerprint density at radius 1 is 1.19 bits per heavy atom. The standard InChI is InChI=1S/C22H22N2O6S/c1-12(2)30-20(25)10-23-21(26)19(31-22(23)27)8-15-7-13(3)24(14(15)4)16-5-6-17-18(9-16)29-11-28-17/h5-9,12H,10-11H2,1-4H3. The molecule has 31 heavy (non-hydrogen) atoms. The molecule has 2 aliphatic rings. The van der Waals surface area contributed by atoms with Crippen LogP contribution in [-0.2, 0) is 14.3 Å². The van der Waals surface area contributed by atoms with Gasteiger partial charge < -0.3 is 18.8 Å². The highest BCUT2D eigenvalue weighted by atomic mass is 32.2.